The van der Waals surface area contributed by atoms with Gasteiger partial charge in [0.15, 0.2) is 0 Å². The Morgan fingerprint density at radius 1 is 0.455 bits per heavy atom. The molecule has 0 aromatic carbocycles. The Hall–Kier alpha value is -1.20. The van der Waals surface area contributed by atoms with Crippen LogP contribution < -0.4 is 0 Å². The predicted octanol–water partition coefficient (Wildman–Crippen LogP) is 11.4. The average Bonchev–Trinajstić information content (AvgIpc) is 3.01. The van der Waals surface area contributed by atoms with Crippen molar-refractivity contribution in [3.63, 3.8) is 0 Å². The molecule has 0 N–H and O–H groups in total. The molecule has 0 saturated carbocycles. The molecule has 1 unspecified atom stereocenters. The van der Waals surface area contributed by atoms with E-state index in [4.69, 9.17) is 14.2 Å². The zero-order chi connectivity index (χ0) is 32.0. The summed E-state index contributed by atoms with van der Waals surface area (Å²) in [5.74, 6) is 0. The summed E-state index contributed by atoms with van der Waals surface area (Å²) in [6.45, 7) is 9.04. The number of hydrogen-bond donors (Lipinski definition) is 0. The van der Waals surface area contributed by atoms with Crippen molar-refractivity contribution < 1.29 is 14.2 Å². The highest BCUT2D eigenvalue weighted by molar-refractivity contribution is 4.93. The molecule has 0 radical (unpaired) electrons. The summed E-state index contributed by atoms with van der Waals surface area (Å²) < 4.78 is 17.9. The molecule has 0 fully saturated rings. The molecule has 0 saturated heterocycles. The zero-order valence-corrected chi connectivity index (χ0v) is 30.0. The summed E-state index contributed by atoms with van der Waals surface area (Å²) in [4.78, 5) is 2.18. The lowest BCUT2D eigenvalue weighted by atomic mass is 10.1. The van der Waals surface area contributed by atoms with Gasteiger partial charge in [0.1, 0.15) is 0 Å². The summed E-state index contributed by atoms with van der Waals surface area (Å²) in [6.07, 6.45) is 45.1. The third kappa shape index (κ3) is 37.0. The maximum absolute atomic E-state index is 6.17. The predicted molar refractivity (Wildman–Crippen MR) is 195 cm³/mol. The summed E-state index contributed by atoms with van der Waals surface area (Å²) in [6, 6.07) is 0. The highest BCUT2D eigenvalue weighted by atomic mass is 16.5. The van der Waals surface area contributed by atoms with Crippen molar-refractivity contribution in [1.29, 1.82) is 0 Å². The Labute approximate surface area is 275 Å². The first-order chi connectivity index (χ1) is 21.7. The van der Waals surface area contributed by atoms with Crippen LogP contribution in [0.5, 0.6) is 0 Å². The fraction of sp³-hybridized carbons (Fsp3) is 0.800. The van der Waals surface area contributed by atoms with Gasteiger partial charge < -0.3 is 19.1 Å². The lowest BCUT2D eigenvalue weighted by molar-refractivity contribution is -0.0404. The van der Waals surface area contributed by atoms with E-state index in [1.165, 1.54) is 109 Å². The fourth-order valence-corrected chi connectivity index (χ4v) is 5.00. The normalized spacial score (nSPS) is 13.2. The maximum atomic E-state index is 6.17. The zero-order valence-electron chi connectivity index (χ0n) is 30.0. The van der Waals surface area contributed by atoms with Gasteiger partial charge in [-0.3, -0.25) is 0 Å². The van der Waals surface area contributed by atoms with E-state index in [0.29, 0.717) is 19.8 Å². The van der Waals surface area contributed by atoms with E-state index >= 15 is 0 Å². The Balaban J connectivity index is 3.58. The van der Waals surface area contributed by atoms with E-state index in [9.17, 15) is 0 Å². The maximum Gasteiger partial charge on any atom is 0.0934 e. The topological polar surface area (TPSA) is 30.9 Å². The molecule has 4 nitrogen and oxygen atoms in total. The molecule has 0 spiro atoms. The van der Waals surface area contributed by atoms with Crippen LogP contribution in [0.3, 0.4) is 0 Å². The Kier molecular flexibility index (Phi) is 36.9. The van der Waals surface area contributed by atoms with Crippen LogP contribution in [0.1, 0.15) is 149 Å². The quantitative estimate of drug-likeness (QED) is 0.0523. The third-order valence-corrected chi connectivity index (χ3v) is 7.68. The Morgan fingerprint density at radius 3 is 1.41 bits per heavy atom. The van der Waals surface area contributed by atoms with Gasteiger partial charge in [0.05, 0.1) is 25.9 Å². The van der Waals surface area contributed by atoms with Gasteiger partial charge in [0.25, 0.3) is 0 Å². The van der Waals surface area contributed by atoms with Crippen molar-refractivity contribution in [2.24, 2.45) is 0 Å². The molecular weight excluding hydrogens is 542 g/mol. The smallest absolute Gasteiger partial charge is 0.0934 e. The van der Waals surface area contributed by atoms with Crippen molar-refractivity contribution in [2.75, 3.05) is 53.7 Å². The van der Waals surface area contributed by atoms with Crippen LogP contribution in [0.4, 0.5) is 0 Å². The molecule has 0 aromatic heterocycles. The van der Waals surface area contributed by atoms with Gasteiger partial charge in [-0.1, -0.05) is 120 Å². The van der Waals surface area contributed by atoms with Crippen LogP contribution in [0, 0.1) is 0 Å². The monoisotopic (exact) mass is 618 g/mol. The van der Waals surface area contributed by atoms with Crippen molar-refractivity contribution in [3.8, 4) is 0 Å². The first-order valence-electron chi connectivity index (χ1n) is 18.7. The molecule has 0 heterocycles. The van der Waals surface area contributed by atoms with Gasteiger partial charge >= 0.3 is 0 Å². The van der Waals surface area contributed by atoms with Gasteiger partial charge in [-0.2, -0.15) is 0 Å². The number of likely N-dealkylation sites (N-methyl/N-ethyl adjacent to an activating group) is 1. The van der Waals surface area contributed by atoms with Crippen molar-refractivity contribution in [1.82, 2.24) is 4.90 Å². The molecule has 0 rings (SSSR count). The number of ether oxygens (including phenoxy) is 3. The minimum absolute atomic E-state index is 0.132. The lowest BCUT2D eigenvalue weighted by Gasteiger charge is -2.21. The molecule has 0 aliphatic rings. The molecule has 4 heteroatoms. The first-order valence-corrected chi connectivity index (χ1v) is 18.7. The highest BCUT2D eigenvalue weighted by Gasteiger charge is 2.10. The van der Waals surface area contributed by atoms with Crippen LogP contribution in [-0.4, -0.2) is 64.7 Å². The van der Waals surface area contributed by atoms with Crippen LogP contribution in [0.25, 0.3) is 0 Å². The van der Waals surface area contributed by atoms with Gasteiger partial charge in [-0.15, -0.1) is 0 Å². The molecule has 1 atom stereocenters. The first kappa shape index (κ1) is 42.8. The summed E-state index contributed by atoms with van der Waals surface area (Å²) >= 11 is 0. The molecule has 44 heavy (non-hydrogen) atoms. The van der Waals surface area contributed by atoms with Crippen molar-refractivity contribution in [2.45, 2.75) is 155 Å². The SMILES string of the molecule is CCCCC/C=C\C/C=C\CCCCCCCCOC(COCCOCCCCC/C=C\C/C=C\CCCCC)CN(C)C. The largest absolute Gasteiger partial charge is 0.379 e. The van der Waals surface area contributed by atoms with Gasteiger partial charge in [0, 0.05) is 19.8 Å². The summed E-state index contributed by atoms with van der Waals surface area (Å²) in [5.41, 5.74) is 0. The molecule has 258 valence electrons. The fourth-order valence-electron chi connectivity index (χ4n) is 5.00. The van der Waals surface area contributed by atoms with Crippen LogP contribution >= 0.6 is 0 Å². The molecule has 0 aliphatic carbocycles. The second-order valence-electron chi connectivity index (χ2n) is 12.6. The Morgan fingerprint density at radius 2 is 0.886 bits per heavy atom. The van der Waals surface area contributed by atoms with Gasteiger partial charge in [-0.05, 0) is 91.1 Å². The van der Waals surface area contributed by atoms with Gasteiger partial charge in [0.2, 0.25) is 0 Å². The molecule has 0 aliphatic heterocycles. The van der Waals surface area contributed by atoms with E-state index in [0.717, 1.165) is 45.4 Å². The molecule has 0 aromatic rings. The number of nitrogens with zero attached hydrogens (tertiary/aromatic N) is 1. The van der Waals surface area contributed by atoms with Gasteiger partial charge in [-0.25, -0.2) is 0 Å². The van der Waals surface area contributed by atoms with E-state index < -0.39 is 0 Å². The molecule has 0 bridgehead atoms. The molecular formula is C40H75NO3. The molecule has 0 amide bonds. The standard InChI is InChI=1S/C40H75NO3/c1-5-7-9-11-13-15-17-19-20-21-23-25-27-29-31-33-35-44-40(38-41(3)4)39-43-37-36-42-34-32-30-28-26-24-22-18-16-14-12-10-8-6-2/h13-16,19-20,22,24,40H,5-12,17-18,21,23,25-39H2,1-4H3/b15-13-,16-14-,20-19-,24-22-. The van der Waals surface area contributed by atoms with Crippen LogP contribution in [0.2, 0.25) is 0 Å². The number of rotatable bonds is 35. The van der Waals surface area contributed by atoms with Crippen molar-refractivity contribution >= 4 is 0 Å². The number of hydrogen-bond acceptors (Lipinski definition) is 4. The third-order valence-electron chi connectivity index (χ3n) is 7.68. The minimum Gasteiger partial charge on any atom is -0.379 e. The summed E-state index contributed by atoms with van der Waals surface area (Å²) in [7, 11) is 4.20. The Bertz CT molecular complexity index is 655. The second-order valence-corrected chi connectivity index (χ2v) is 12.6. The second kappa shape index (κ2) is 38.0. The van der Waals surface area contributed by atoms with E-state index in [2.05, 4.69) is 81.5 Å². The van der Waals surface area contributed by atoms with Crippen molar-refractivity contribution in [3.05, 3.63) is 48.6 Å². The highest BCUT2D eigenvalue weighted by Crippen LogP contribution is 2.09. The van der Waals surface area contributed by atoms with Crippen LogP contribution in [0.15, 0.2) is 48.6 Å². The van der Waals surface area contributed by atoms with E-state index in [1.54, 1.807) is 0 Å². The summed E-state index contributed by atoms with van der Waals surface area (Å²) in [5, 5.41) is 0. The van der Waals surface area contributed by atoms with Crippen LogP contribution in [-0.2, 0) is 14.2 Å². The number of unbranched alkanes of at least 4 members (excludes halogenated alkanes) is 15. The average molecular weight is 618 g/mol. The minimum atomic E-state index is 0.132. The van der Waals surface area contributed by atoms with E-state index in [-0.39, 0.29) is 6.10 Å². The van der Waals surface area contributed by atoms with E-state index in [1.807, 2.05) is 0 Å². The lowest BCUT2D eigenvalue weighted by Crippen LogP contribution is -2.33. The number of allylic oxidation sites excluding steroid dienone is 8.